The van der Waals surface area contributed by atoms with Crippen LogP contribution < -0.4 is 4.90 Å². The first-order chi connectivity index (χ1) is 14.6. The van der Waals surface area contributed by atoms with Gasteiger partial charge in [-0.3, -0.25) is 9.69 Å². The van der Waals surface area contributed by atoms with Crippen molar-refractivity contribution in [3.63, 3.8) is 0 Å². The average Bonchev–Trinajstić information content (AvgIpc) is 2.76. The van der Waals surface area contributed by atoms with Gasteiger partial charge in [-0.25, -0.2) is 9.18 Å². The lowest BCUT2D eigenvalue weighted by Gasteiger charge is -2.42. The number of hydrogen-bond donors (Lipinski definition) is 0. The number of fused-ring (bicyclic) bond motifs is 1. The van der Waals surface area contributed by atoms with E-state index >= 15 is 0 Å². The van der Waals surface area contributed by atoms with Gasteiger partial charge in [0.15, 0.2) is 6.67 Å². The normalized spacial score (nSPS) is 16.2. The molecule has 0 radical (unpaired) electrons. The third-order valence-electron chi connectivity index (χ3n) is 6.15. The van der Waals surface area contributed by atoms with Gasteiger partial charge in [-0.05, 0) is 71.2 Å². The predicted octanol–water partition coefficient (Wildman–Crippen LogP) is 6.01. The van der Waals surface area contributed by atoms with Gasteiger partial charge in [0.25, 0.3) is 5.91 Å². The van der Waals surface area contributed by atoms with E-state index in [2.05, 4.69) is 40.3 Å². The maximum absolute atomic E-state index is 13.5. The quantitative estimate of drug-likeness (QED) is 0.422. The van der Waals surface area contributed by atoms with Crippen LogP contribution in [0.3, 0.4) is 0 Å². The summed E-state index contributed by atoms with van der Waals surface area (Å²) in [4.78, 5) is 26.0. The second kappa shape index (κ2) is 8.66. The summed E-state index contributed by atoms with van der Waals surface area (Å²) in [5.41, 5.74) is 3.93. The zero-order valence-corrected chi connectivity index (χ0v) is 18.7. The number of benzene rings is 2. The zero-order valence-electron chi connectivity index (χ0n) is 18.7. The van der Waals surface area contributed by atoms with Crippen molar-refractivity contribution in [2.45, 2.75) is 51.4 Å². The first-order valence-corrected chi connectivity index (χ1v) is 10.5. The number of hydrogen-bond acceptors (Lipinski definition) is 3. The lowest BCUT2D eigenvalue weighted by Crippen LogP contribution is -2.34. The van der Waals surface area contributed by atoms with Crippen molar-refractivity contribution in [2.24, 2.45) is 0 Å². The fraction of sp³-hybridized carbons (Fsp3) is 0.385. The minimum Gasteiger partial charge on any atom is -0.458 e. The molecule has 0 heterocycles. The van der Waals surface area contributed by atoms with Gasteiger partial charge in [0.2, 0.25) is 0 Å². The largest absolute Gasteiger partial charge is 0.458 e. The molecule has 164 valence electrons. The number of carbonyl (C=O) groups excluding carboxylic acids is 2. The molecule has 31 heavy (non-hydrogen) atoms. The molecular weight excluding hydrogens is 393 g/mol. The lowest BCUT2D eigenvalue weighted by molar-refractivity contribution is -0.118. The molecule has 0 fully saturated rings. The van der Waals surface area contributed by atoms with E-state index in [4.69, 9.17) is 4.74 Å². The Morgan fingerprint density at radius 3 is 2.16 bits per heavy atom. The van der Waals surface area contributed by atoms with Crippen LogP contribution >= 0.6 is 0 Å². The molecule has 3 rings (SSSR count). The summed E-state index contributed by atoms with van der Waals surface area (Å²) in [5.74, 6) is -1.14. The lowest BCUT2D eigenvalue weighted by atomic mass is 9.63. The summed E-state index contributed by atoms with van der Waals surface area (Å²) in [6.45, 7) is 11.4. The van der Waals surface area contributed by atoms with Gasteiger partial charge in [-0.15, -0.1) is 0 Å². The summed E-state index contributed by atoms with van der Waals surface area (Å²) >= 11 is 0. The highest BCUT2D eigenvalue weighted by Gasteiger charge is 2.37. The SMILES string of the molecule is C=CCOC(=O)c1ccc(N(C(=O)CF)c2ccc3c(c2)C(C)(C)CCC3(C)C)cc1. The van der Waals surface area contributed by atoms with Crippen LogP contribution in [0.25, 0.3) is 0 Å². The highest BCUT2D eigenvalue weighted by molar-refractivity contribution is 6.02. The van der Waals surface area contributed by atoms with E-state index in [1.807, 2.05) is 12.1 Å². The molecule has 5 heteroatoms. The van der Waals surface area contributed by atoms with Gasteiger partial charge in [0.05, 0.1) is 5.56 Å². The topological polar surface area (TPSA) is 46.6 Å². The number of carbonyl (C=O) groups is 2. The second-order valence-electron chi connectivity index (χ2n) is 9.29. The van der Waals surface area contributed by atoms with Gasteiger partial charge in [-0.1, -0.05) is 46.4 Å². The van der Waals surface area contributed by atoms with Crippen LogP contribution in [-0.2, 0) is 20.4 Å². The van der Waals surface area contributed by atoms with E-state index in [9.17, 15) is 14.0 Å². The molecule has 0 aliphatic heterocycles. The van der Waals surface area contributed by atoms with E-state index in [-0.39, 0.29) is 17.4 Å². The number of ether oxygens (including phenoxy) is 1. The Kier molecular flexibility index (Phi) is 6.35. The molecule has 0 saturated heterocycles. The zero-order chi connectivity index (χ0) is 22.8. The van der Waals surface area contributed by atoms with Crippen LogP contribution in [0.1, 0.15) is 62.0 Å². The van der Waals surface area contributed by atoms with Gasteiger partial charge in [0, 0.05) is 11.4 Å². The summed E-state index contributed by atoms with van der Waals surface area (Å²) < 4.78 is 18.5. The molecule has 0 saturated carbocycles. The number of anilines is 2. The monoisotopic (exact) mass is 423 g/mol. The maximum Gasteiger partial charge on any atom is 0.338 e. The Morgan fingerprint density at radius 2 is 1.58 bits per heavy atom. The smallest absolute Gasteiger partial charge is 0.338 e. The summed E-state index contributed by atoms with van der Waals surface area (Å²) in [7, 11) is 0. The Bertz CT molecular complexity index is 992. The third kappa shape index (κ3) is 4.55. The molecule has 0 unspecified atom stereocenters. The fourth-order valence-electron chi connectivity index (χ4n) is 4.18. The molecule has 1 aliphatic rings. The molecule has 0 aromatic heterocycles. The van der Waals surface area contributed by atoms with Crippen LogP contribution in [-0.4, -0.2) is 25.2 Å². The molecular formula is C26H30FNO3. The maximum atomic E-state index is 13.5. The Morgan fingerprint density at radius 1 is 1.00 bits per heavy atom. The fourth-order valence-corrected chi connectivity index (χ4v) is 4.18. The van der Waals surface area contributed by atoms with E-state index in [1.54, 1.807) is 24.3 Å². The number of rotatable bonds is 6. The van der Waals surface area contributed by atoms with Crippen molar-refractivity contribution in [3.8, 4) is 0 Å². The first-order valence-electron chi connectivity index (χ1n) is 10.5. The highest BCUT2D eigenvalue weighted by atomic mass is 19.1. The van der Waals surface area contributed by atoms with Crippen molar-refractivity contribution < 1.29 is 18.7 Å². The van der Waals surface area contributed by atoms with Crippen LogP contribution in [0.2, 0.25) is 0 Å². The molecule has 2 aromatic carbocycles. The van der Waals surface area contributed by atoms with Crippen molar-refractivity contribution >= 4 is 23.3 Å². The molecule has 1 aliphatic carbocycles. The minimum atomic E-state index is -1.12. The Labute approximate surface area is 183 Å². The molecule has 0 N–H and O–H groups in total. The van der Waals surface area contributed by atoms with Gasteiger partial charge in [0.1, 0.15) is 6.61 Å². The first kappa shape index (κ1) is 22.7. The summed E-state index contributed by atoms with van der Waals surface area (Å²) in [6.07, 6.45) is 3.62. The van der Waals surface area contributed by atoms with E-state index in [0.717, 1.165) is 12.8 Å². The third-order valence-corrected chi connectivity index (χ3v) is 6.15. The van der Waals surface area contributed by atoms with Crippen molar-refractivity contribution in [3.05, 3.63) is 71.8 Å². The highest BCUT2D eigenvalue weighted by Crippen LogP contribution is 2.47. The molecule has 1 amide bonds. The Balaban J connectivity index is 2.02. The van der Waals surface area contributed by atoms with Gasteiger partial charge >= 0.3 is 5.97 Å². The van der Waals surface area contributed by atoms with Crippen LogP contribution in [0.4, 0.5) is 15.8 Å². The van der Waals surface area contributed by atoms with Crippen molar-refractivity contribution in [1.29, 1.82) is 0 Å². The number of amides is 1. The van der Waals surface area contributed by atoms with Gasteiger partial charge < -0.3 is 4.74 Å². The number of alkyl halides is 1. The number of halogens is 1. The standard InChI is InChI=1S/C26H30FNO3/c1-6-15-31-24(30)18-7-9-19(10-8-18)28(23(29)17-27)20-11-12-21-22(16-20)26(4,5)14-13-25(21,2)3/h6-12,16H,1,13-15,17H2,2-5H3. The minimum absolute atomic E-state index is 0.0376. The number of nitrogens with zero attached hydrogens (tertiary/aromatic N) is 1. The van der Waals surface area contributed by atoms with E-state index < -0.39 is 18.6 Å². The molecule has 0 atom stereocenters. The summed E-state index contributed by atoms with van der Waals surface area (Å²) in [6, 6.07) is 12.4. The van der Waals surface area contributed by atoms with Gasteiger partial charge in [-0.2, -0.15) is 0 Å². The van der Waals surface area contributed by atoms with Crippen LogP contribution in [0, 0.1) is 0 Å². The second-order valence-corrected chi connectivity index (χ2v) is 9.29. The average molecular weight is 424 g/mol. The van der Waals surface area contributed by atoms with E-state index in [0.29, 0.717) is 16.9 Å². The van der Waals surface area contributed by atoms with Crippen LogP contribution in [0.5, 0.6) is 0 Å². The van der Waals surface area contributed by atoms with E-state index in [1.165, 1.54) is 22.1 Å². The predicted molar refractivity (Wildman–Crippen MR) is 122 cm³/mol. The summed E-state index contributed by atoms with van der Waals surface area (Å²) in [5, 5.41) is 0. The van der Waals surface area contributed by atoms with Crippen LogP contribution in [0.15, 0.2) is 55.1 Å². The molecule has 4 nitrogen and oxygen atoms in total. The molecule has 0 bridgehead atoms. The number of esters is 1. The molecule has 0 spiro atoms. The Hall–Kier alpha value is -2.95. The van der Waals surface area contributed by atoms with Crippen molar-refractivity contribution in [2.75, 3.05) is 18.2 Å². The molecule has 2 aromatic rings. The van der Waals surface area contributed by atoms with Crippen molar-refractivity contribution in [1.82, 2.24) is 0 Å².